The summed E-state index contributed by atoms with van der Waals surface area (Å²) in [5.74, 6) is 1.76. The summed E-state index contributed by atoms with van der Waals surface area (Å²) in [6.07, 6.45) is 7.37. The molecule has 0 aromatic heterocycles. The molecule has 1 unspecified atom stereocenters. The van der Waals surface area contributed by atoms with E-state index in [-0.39, 0.29) is 30.1 Å². The van der Waals surface area contributed by atoms with Crippen LogP contribution in [-0.2, 0) is 16.0 Å². The van der Waals surface area contributed by atoms with Crippen LogP contribution in [0.2, 0.25) is 0 Å². The van der Waals surface area contributed by atoms with Gasteiger partial charge in [-0.3, -0.25) is 4.99 Å². The zero-order chi connectivity index (χ0) is 20.5. The van der Waals surface area contributed by atoms with E-state index in [2.05, 4.69) is 40.7 Å². The molecule has 1 aromatic rings. The predicted molar refractivity (Wildman–Crippen MR) is 132 cm³/mol. The predicted octanol–water partition coefficient (Wildman–Crippen LogP) is 4.04. The summed E-state index contributed by atoms with van der Waals surface area (Å²) >= 11 is 0. The van der Waals surface area contributed by atoms with E-state index in [1.165, 1.54) is 24.8 Å². The zero-order valence-electron chi connectivity index (χ0n) is 18.7. The van der Waals surface area contributed by atoms with E-state index in [0.29, 0.717) is 18.6 Å². The van der Waals surface area contributed by atoms with Gasteiger partial charge in [0, 0.05) is 46.0 Å². The number of nitrogens with zero attached hydrogens (tertiary/aromatic N) is 1. The molecule has 170 valence electrons. The average molecular weight is 531 g/mol. The van der Waals surface area contributed by atoms with Crippen LogP contribution in [0.15, 0.2) is 23.2 Å². The second kappa shape index (κ2) is 12.7. The molecule has 6 nitrogen and oxygen atoms in total. The first-order valence-corrected chi connectivity index (χ1v) is 10.9. The average Bonchev–Trinajstić information content (AvgIpc) is 3.22. The molecule has 30 heavy (non-hydrogen) atoms. The Hall–Kier alpha value is -1.06. The molecule has 0 spiro atoms. The third kappa shape index (κ3) is 7.27. The van der Waals surface area contributed by atoms with Gasteiger partial charge in [0.15, 0.2) is 5.96 Å². The number of benzene rings is 1. The van der Waals surface area contributed by atoms with Crippen molar-refractivity contribution >= 4 is 29.9 Å². The zero-order valence-corrected chi connectivity index (χ0v) is 21.0. The Morgan fingerprint density at radius 3 is 2.73 bits per heavy atom. The minimum absolute atomic E-state index is 0. The summed E-state index contributed by atoms with van der Waals surface area (Å²) in [6, 6.07) is 6.36. The van der Waals surface area contributed by atoms with Crippen LogP contribution in [0.4, 0.5) is 0 Å². The molecular formula is C23H38IN3O3. The Morgan fingerprint density at radius 1 is 1.27 bits per heavy atom. The summed E-state index contributed by atoms with van der Waals surface area (Å²) in [7, 11) is 3.60. The van der Waals surface area contributed by atoms with E-state index < -0.39 is 0 Å². The monoisotopic (exact) mass is 531 g/mol. The summed E-state index contributed by atoms with van der Waals surface area (Å²) in [6.45, 7) is 5.99. The summed E-state index contributed by atoms with van der Waals surface area (Å²) in [5, 5.41) is 6.97. The van der Waals surface area contributed by atoms with Crippen molar-refractivity contribution in [3.05, 3.63) is 29.3 Å². The van der Waals surface area contributed by atoms with E-state index >= 15 is 0 Å². The highest BCUT2D eigenvalue weighted by Gasteiger charge is 2.36. The molecule has 0 bridgehead atoms. The lowest BCUT2D eigenvalue weighted by Gasteiger charge is -2.42. The lowest BCUT2D eigenvalue weighted by atomic mass is 9.67. The molecule has 2 N–H and O–H groups in total. The number of hydrogen-bond acceptors (Lipinski definition) is 4. The van der Waals surface area contributed by atoms with Gasteiger partial charge in [-0.15, -0.1) is 24.0 Å². The van der Waals surface area contributed by atoms with E-state index in [1.807, 2.05) is 7.05 Å². The number of rotatable bonds is 10. The number of nitrogens with one attached hydrogen (secondary N) is 2. The van der Waals surface area contributed by atoms with Crippen molar-refractivity contribution in [3.63, 3.8) is 0 Å². The van der Waals surface area contributed by atoms with Gasteiger partial charge in [0.05, 0.1) is 6.10 Å². The van der Waals surface area contributed by atoms with Gasteiger partial charge in [0.2, 0.25) is 0 Å². The molecule has 0 amide bonds. The van der Waals surface area contributed by atoms with E-state index in [1.54, 1.807) is 7.11 Å². The highest BCUT2D eigenvalue weighted by Crippen LogP contribution is 2.43. The fourth-order valence-corrected chi connectivity index (χ4v) is 4.08. The number of aliphatic imine (C=N–C) groups is 1. The van der Waals surface area contributed by atoms with Crippen molar-refractivity contribution in [2.24, 2.45) is 10.4 Å². The van der Waals surface area contributed by atoms with E-state index in [4.69, 9.17) is 14.2 Å². The molecule has 1 saturated heterocycles. The number of guanidine groups is 1. The molecule has 1 atom stereocenters. The second-order valence-corrected chi connectivity index (χ2v) is 8.43. The third-order valence-corrected chi connectivity index (χ3v) is 6.22. The maximum absolute atomic E-state index is 6.11. The van der Waals surface area contributed by atoms with Crippen LogP contribution in [0, 0.1) is 12.3 Å². The van der Waals surface area contributed by atoms with Crippen molar-refractivity contribution in [1.82, 2.24) is 10.6 Å². The molecule has 2 aliphatic rings. The van der Waals surface area contributed by atoms with Crippen molar-refractivity contribution in [2.75, 3.05) is 40.5 Å². The van der Waals surface area contributed by atoms with Crippen molar-refractivity contribution < 1.29 is 14.2 Å². The normalized spacial score (nSPS) is 20.2. The molecule has 1 saturated carbocycles. The molecule has 2 fully saturated rings. The molecule has 1 aromatic carbocycles. The second-order valence-electron chi connectivity index (χ2n) is 8.43. The Kier molecular flexibility index (Phi) is 10.7. The fourth-order valence-electron chi connectivity index (χ4n) is 4.08. The quantitative estimate of drug-likeness (QED) is 0.271. The first-order valence-electron chi connectivity index (χ1n) is 10.9. The minimum atomic E-state index is 0. The molecule has 1 aliphatic heterocycles. The number of aryl methyl sites for hydroxylation is 1. The van der Waals surface area contributed by atoms with Gasteiger partial charge in [-0.1, -0.05) is 18.6 Å². The Morgan fingerprint density at radius 2 is 2.10 bits per heavy atom. The maximum Gasteiger partial charge on any atom is 0.191 e. The highest BCUT2D eigenvalue weighted by molar-refractivity contribution is 14.0. The SMILES string of the molecule is CN=C(NCc1ccc(C)cc1OCC1CCCO1)NCC1(CCOC)CCC1.I. The Balaban J connectivity index is 0.00000320. The Labute approximate surface area is 198 Å². The smallest absolute Gasteiger partial charge is 0.191 e. The van der Waals surface area contributed by atoms with Gasteiger partial charge in [-0.25, -0.2) is 0 Å². The molecule has 1 aliphatic carbocycles. The topological polar surface area (TPSA) is 64.1 Å². The first-order chi connectivity index (χ1) is 14.1. The van der Waals surface area contributed by atoms with E-state index in [9.17, 15) is 0 Å². The standard InChI is InChI=1S/C23H37N3O3.HI/c1-18-7-8-19(21(14-18)29-16-20-6-4-12-28-20)15-25-22(24-2)26-17-23(9-5-10-23)11-13-27-3;/h7-8,14,20H,4-6,9-13,15-17H2,1-3H3,(H2,24,25,26);1H. The van der Waals surface area contributed by atoms with Gasteiger partial charge < -0.3 is 24.8 Å². The van der Waals surface area contributed by atoms with E-state index in [0.717, 1.165) is 56.3 Å². The van der Waals surface area contributed by atoms with Crippen LogP contribution in [0.5, 0.6) is 5.75 Å². The van der Waals surface area contributed by atoms with Gasteiger partial charge in [0.25, 0.3) is 0 Å². The fraction of sp³-hybridized carbons (Fsp3) is 0.696. The van der Waals surface area contributed by atoms with Crippen LogP contribution >= 0.6 is 24.0 Å². The van der Waals surface area contributed by atoms with Crippen molar-refractivity contribution in [3.8, 4) is 5.75 Å². The minimum Gasteiger partial charge on any atom is -0.491 e. The van der Waals surface area contributed by atoms with Gasteiger partial charge in [-0.05, 0) is 56.1 Å². The molecule has 0 radical (unpaired) electrons. The number of methoxy groups -OCH3 is 1. The summed E-state index contributed by atoms with van der Waals surface area (Å²) in [5.41, 5.74) is 2.69. The summed E-state index contributed by atoms with van der Waals surface area (Å²) < 4.78 is 17.1. The van der Waals surface area contributed by atoms with Crippen LogP contribution in [0.1, 0.15) is 49.7 Å². The van der Waals surface area contributed by atoms with Gasteiger partial charge >= 0.3 is 0 Å². The molecule has 3 rings (SSSR count). The maximum atomic E-state index is 6.11. The van der Waals surface area contributed by atoms with Gasteiger partial charge in [0.1, 0.15) is 12.4 Å². The third-order valence-electron chi connectivity index (χ3n) is 6.22. The molecule has 1 heterocycles. The largest absolute Gasteiger partial charge is 0.491 e. The summed E-state index contributed by atoms with van der Waals surface area (Å²) in [4.78, 5) is 4.40. The molecule has 7 heteroatoms. The van der Waals surface area contributed by atoms with Crippen LogP contribution < -0.4 is 15.4 Å². The van der Waals surface area contributed by atoms with Crippen molar-refractivity contribution in [1.29, 1.82) is 0 Å². The number of hydrogen-bond donors (Lipinski definition) is 2. The Bertz CT molecular complexity index is 674. The van der Waals surface area contributed by atoms with Crippen LogP contribution in [0.3, 0.4) is 0 Å². The lowest BCUT2D eigenvalue weighted by molar-refractivity contribution is 0.0676. The van der Waals surface area contributed by atoms with Crippen molar-refractivity contribution in [2.45, 2.75) is 58.1 Å². The number of ether oxygens (including phenoxy) is 3. The lowest BCUT2D eigenvalue weighted by Crippen LogP contribution is -2.46. The molecular weight excluding hydrogens is 493 g/mol. The van der Waals surface area contributed by atoms with Crippen LogP contribution in [0.25, 0.3) is 0 Å². The first kappa shape index (κ1) is 25.2. The highest BCUT2D eigenvalue weighted by atomic mass is 127. The van der Waals surface area contributed by atoms with Crippen LogP contribution in [-0.4, -0.2) is 52.6 Å². The van der Waals surface area contributed by atoms with Gasteiger partial charge in [-0.2, -0.15) is 0 Å². The number of halogens is 1.